The molecule has 1 aromatic heterocycles. The van der Waals surface area contributed by atoms with Gasteiger partial charge >= 0.3 is 0 Å². The second kappa shape index (κ2) is 3.79. The molecule has 0 aliphatic rings. The van der Waals surface area contributed by atoms with Gasteiger partial charge in [-0.2, -0.15) is 5.10 Å². The third-order valence-electron chi connectivity index (χ3n) is 1.84. The van der Waals surface area contributed by atoms with Crippen LogP contribution in [-0.2, 0) is 6.54 Å². The number of benzene rings is 1. The molecule has 0 fully saturated rings. The average molecular weight is 254 g/mol. The van der Waals surface area contributed by atoms with Crippen molar-refractivity contribution in [3.05, 3.63) is 40.9 Å². The van der Waals surface area contributed by atoms with E-state index in [1.165, 1.54) is 6.33 Å². The predicted molar refractivity (Wildman–Crippen MR) is 54.9 cm³/mol. The van der Waals surface area contributed by atoms with Gasteiger partial charge in [-0.3, -0.25) is 0 Å². The molecule has 2 rings (SSSR count). The Morgan fingerprint density at radius 2 is 2.29 bits per heavy atom. The smallest absolute Gasteiger partial charge is 0.137 e. The highest BCUT2D eigenvalue weighted by molar-refractivity contribution is 9.10. The maximum absolute atomic E-state index is 9.55. The van der Waals surface area contributed by atoms with Gasteiger partial charge in [-0.1, -0.05) is 15.9 Å². The van der Waals surface area contributed by atoms with Crippen LogP contribution >= 0.6 is 15.9 Å². The summed E-state index contributed by atoms with van der Waals surface area (Å²) in [7, 11) is 0. The van der Waals surface area contributed by atoms with Crippen LogP contribution in [0.2, 0.25) is 0 Å². The molecule has 1 heterocycles. The second-order valence-electron chi connectivity index (χ2n) is 2.87. The van der Waals surface area contributed by atoms with Gasteiger partial charge in [0.1, 0.15) is 18.4 Å². The third-order valence-corrected chi connectivity index (χ3v) is 2.33. The Hall–Kier alpha value is -1.36. The Kier molecular flexibility index (Phi) is 2.49. The van der Waals surface area contributed by atoms with Crippen molar-refractivity contribution in [1.82, 2.24) is 14.8 Å². The lowest BCUT2D eigenvalue weighted by atomic mass is 10.2. The van der Waals surface area contributed by atoms with Crippen molar-refractivity contribution in [3.63, 3.8) is 0 Å². The van der Waals surface area contributed by atoms with E-state index >= 15 is 0 Å². The molecule has 0 spiro atoms. The molecule has 5 heteroatoms. The lowest BCUT2D eigenvalue weighted by Crippen LogP contribution is -2.00. The van der Waals surface area contributed by atoms with Gasteiger partial charge in [-0.05, 0) is 18.2 Å². The topological polar surface area (TPSA) is 50.9 Å². The lowest BCUT2D eigenvalue weighted by Gasteiger charge is -2.04. The number of hydrogen-bond donors (Lipinski definition) is 1. The third kappa shape index (κ3) is 1.93. The van der Waals surface area contributed by atoms with Crippen LogP contribution in [0.1, 0.15) is 5.56 Å². The first-order valence-corrected chi connectivity index (χ1v) is 4.85. The van der Waals surface area contributed by atoms with Gasteiger partial charge in [0.25, 0.3) is 0 Å². The van der Waals surface area contributed by atoms with E-state index in [9.17, 15) is 5.11 Å². The van der Waals surface area contributed by atoms with E-state index in [1.54, 1.807) is 23.1 Å². The summed E-state index contributed by atoms with van der Waals surface area (Å²) in [6, 6.07) is 5.30. The van der Waals surface area contributed by atoms with Crippen LogP contribution in [0, 0.1) is 0 Å². The van der Waals surface area contributed by atoms with E-state index < -0.39 is 0 Å². The van der Waals surface area contributed by atoms with Crippen LogP contribution in [0.5, 0.6) is 5.75 Å². The van der Waals surface area contributed by atoms with Crippen molar-refractivity contribution in [3.8, 4) is 5.75 Å². The second-order valence-corrected chi connectivity index (χ2v) is 3.78. The molecule has 0 saturated carbocycles. The molecule has 1 N–H and O–H groups in total. The van der Waals surface area contributed by atoms with Crippen molar-refractivity contribution in [2.24, 2.45) is 0 Å². The zero-order valence-electron chi connectivity index (χ0n) is 7.26. The van der Waals surface area contributed by atoms with E-state index in [2.05, 4.69) is 26.0 Å². The summed E-state index contributed by atoms with van der Waals surface area (Å²) in [5.74, 6) is 0.267. The van der Waals surface area contributed by atoms with E-state index in [4.69, 9.17) is 0 Å². The van der Waals surface area contributed by atoms with Gasteiger partial charge in [0.2, 0.25) is 0 Å². The highest BCUT2D eigenvalue weighted by Gasteiger charge is 2.02. The number of hydrogen-bond acceptors (Lipinski definition) is 3. The first-order chi connectivity index (χ1) is 6.75. The number of aromatic hydroxyl groups is 1. The number of halogens is 1. The summed E-state index contributed by atoms with van der Waals surface area (Å²) >= 11 is 3.34. The molecule has 72 valence electrons. The number of phenolic OH excluding ortho intramolecular Hbond substituents is 1. The zero-order valence-corrected chi connectivity index (χ0v) is 8.85. The van der Waals surface area contributed by atoms with Gasteiger partial charge in [-0.15, -0.1) is 0 Å². The molecule has 2 aromatic rings. The number of rotatable bonds is 2. The standard InChI is InChI=1S/C9H8BrN3O/c10-8-1-2-9(14)7(3-8)4-13-6-11-5-12-13/h1-3,5-6,14H,4H2. The molecule has 0 aliphatic carbocycles. The number of nitrogens with zero attached hydrogens (tertiary/aromatic N) is 3. The summed E-state index contributed by atoms with van der Waals surface area (Å²) in [4.78, 5) is 3.83. The van der Waals surface area contributed by atoms with Gasteiger partial charge in [-0.25, -0.2) is 9.67 Å². The van der Waals surface area contributed by atoms with E-state index in [0.717, 1.165) is 10.0 Å². The van der Waals surface area contributed by atoms with Crippen molar-refractivity contribution < 1.29 is 5.11 Å². The minimum absolute atomic E-state index is 0.267. The highest BCUT2D eigenvalue weighted by Crippen LogP contribution is 2.22. The first-order valence-electron chi connectivity index (χ1n) is 4.05. The molecule has 0 bridgehead atoms. The zero-order chi connectivity index (χ0) is 9.97. The molecule has 14 heavy (non-hydrogen) atoms. The predicted octanol–water partition coefficient (Wildman–Crippen LogP) is 1.79. The molecule has 0 saturated heterocycles. The summed E-state index contributed by atoms with van der Waals surface area (Å²) in [5, 5.41) is 13.5. The highest BCUT2D eigenvalue weighted by atomic mass is 79.9. The molecular weight excluding hydrogens is 246 g/mol. The van der Waals surface area contributed by atoms with Crippen LogP contribution in [-0.4, -0.2) is 19.9 Å². The first kappa shape index (κ1) is 9.21. The Morgan fingerprint density at radius 3 is 3.00 bits per heavy atom. The maximum atomic E-state index is 9.55. The minimum atomic E-state index is 0.267. The van der Waals surface area contributed by atoms with E-state index in [0.29, 0.717) is 6.54 Å². The van der Waals surface area contributed by atoms with Crippen LogP contribution in [0.15, 0.2) is 35.3 Å². The molecule has 0 unspecified atom stereocenters. The fourth-order valence-electron chi connectivity index (χ4n) is 1.17. The van der Waals surface area contributed by atoms with Crippen LogP contribution in [0.4, 0.5) is 0 Å². The van der Waals surface area contributed by atoms with Gasteiger partial charge in [0, 0.05) is 10.0 Å². The molecular formula is C9H8BrN3O. The molecule has 0 aliphatic heterocycles. The van der Waals surface area contributed by atoms with Crippen molar-refractivity contribution in [2.45, 2.75) is 6.54 Å². The van der Waals surface area contributed by atoms with E-state index in [-0.39, 0.29) is 5.75 Å². The minimum Gasteiger partial charge on any atom is -0.508 e. The Morgan fingerprint density at radius 1 is 1.43 bits per heavy atom. The Labute approximate surface area is 89.3 Å². The number of phenols is 1. The normalized spacial score (nSPS) is 10.4. The van der Waals surface area contributed by atoms with Crippen molar-refractivity contribution in [1.29, 1.82) is 0 Å². The molecule has 0 amide bonds. The quantitative estimate of drug-likeness (QED) is 0.888. The Balaban J connectivity index is 2.28. The largest absolute Gasteiger partial charge is 0.508 e. The van der Waals surface area contributed by atoms with Crippen LogP contribution in [0.25, 0.3) is 0 Å². The molecule has 0 radical (unpaired) electrons. The van der Waals surface area contributed by atoms with Gasteiger partial charge in [0.05, 0.1) is 6.54 Å². The monoisotopic (exact) mass is 253 g/mol. The van der Waals surface area contributed by atoms with Crippen LogP contribution in [0.3, 0.4) is 0 Å². The Bertz CT molecular complexity index is 428. The fourth-order valence-corrected chi connectivity index (χ4v) is 1.58. The van der Waals surface area contributed by atoms with Gasteiger partial charge in [0.15, 0.2) is 0 Å². The molecule has 0 atom stereocenters. The van der Waals surface area contributed by atoms with Crippen molar-refractivity contribution in [2.75, 3.05) is 0 Å². The summed E-state index contributed by atoms with van der Waals surface area (Å²) < 4.78 is 2.59. The molecule has 4 nitrogen and oxygen atoms in total. The van der Waals surface area contributed by atoms with Gasteiger partial charge < -0.3 is 5.11 Å². The average Bonchev–Trinajstić information content (AvgIpc) is 2.64. The maximum Gasteiger partial charge on any atom is 0.137 e. The summed E-state index contributed by atoms with van der Waals surface area (Å²) in [5.41, 5.74) is 0.810. The summed E-state index contributed by atoms with van der Waals surface area (Å²) in [6.45, 7) is 0.519. The summed E-state index contributed by atoms with van der Waals surface area (Å²) in [6.07, 6.45) is 3.08. The molecule has 1 aromatic carbocycles. The lowest BCUT2D eigenvalue weighted by molar-refractivity contribution is 0.463. The SMILES string of the molecule is Oc1ccc(Br)cc1Cn1cncn1. The van der Waals surface area contributed by atoms with Crippen LogP contribution < -0.4 is 0 Å². The number of aromatic nitrogens is 3. The van der Waals surface area contributed by atoms with E-state index in [1.807, 2.05) is 6.07 Å². The fraction of sp³-hybridized carbons (Fsp3) is 0.111. The van der Waals surface area contributed by atoms with Crippen molar-refractivity contribution >= 4 is 15.9 Å².